The molecule has 5 nitrogen and oxygen atoms in total. The largest absolute Gasteiger partial charge is 0.465 e. The first kappa shape index (κ1) is 19.4. The Bertz CT molecular complexity index is 357. The number of hydrogen-bond donors (Lipinski definition) is 2. The van der Waals surface area contributed by atoms with Gasteiger partial charge in [0.15, 0.2) is 0 Å². The normalized spacial score (nSPS) is 28.4. The van der Waals surface area contributed by atoms with Gasteiger partial charge in [0, 0.05) is 13.0 Å². The van der Waals surface area contributed by atoms with Crippen molar-refractivity contribution in [2.75, 3.05) is 33.9 Å². The molecule has 1 aliphatic heterocycles. The van der Waals surface area contributed by atoms with Crippen LogP contribution in [-0.2, 0) is 14.3 Å². The quantitative estimate of drug-likeness (QED) is 0.514. The lowest BCUT2D eigenvalue weighted by atomic mass is 9.75. The third-order valence-electron chi connectivity index (χ3n) is 4.81. The maximum absolute atomic E-state index is 12.0. The highest BCUT2D eigenvalue weighted by Crippen LogP contribution is 2.38. The van der Waals surface area contributed by atoms with Crippen LogP contribution in [0.25, 0.3) is 0 Å². The van der Waals surface area contributed by atoms with E-state index in [1.807, 2.05) is 0 Å². The first-order valence-corrected chi connectivity index (χ1v) is 8.49. The molecule has 0 aromatic heterocycles. The molecule has 0 aromatic rings. The zero-order valence-corrected chi connectivity index (χ0v) is 14.9. The molecule has 2 N–H and O–H groups in total. The molecule has 1 heterocycles. The topological polar surface area (TPSA) is 60.2 Å². The molecule has 0 aliphatic carbocycles. The van der Waals surface area contributed by atoms with E-state index in [9.17, 15) is 9.90 Å². The molecular weight excluding hydrogens is 282 g/mol. The standard InChI is InChI=1S/C17H33NO4/c1-6-16(2)12-14(8-11-22-16)17(3,20)13-15(19)21-10-7-9-18(4)5/h14,20H,6-13H2,1-5H3/p+1/t14-,16+,17+/m0/s1. The molecule has 1 rings (SSSR count). The highest BCUT2D eigenvalue weighted by molar-refractivity contribution is 5.70. The van der Waals surface area contributed by atoms with Crippen molar-refractivity contribution in [2.45, 2.75) is 64.1 Å². The van der Waals surface area contributed by atoms with E-state index in [1.165, 1.54) is 4.90 Å². The van der Waals surface area contributed by atoms with E-state index >= 15 is 0 Å². The summed E-state index contributed by atoms with van der Waals surface area (Å²) in [5, 5.41) is 10.7. The predicted octanol–water partition coefficient (Wildman–Crippen LogP) is 0.801. The van der Waals surface area contributed by atoms with Gasteiger partial charge in [-0.2, -0.15) is 0 Å². The molecule has 0 unspecified atom stereocenters. The first-order valence-electron chi connectivity index (χ1n) is 8.49. The van der Waals surface area contributed by atoms with Gasteiger partial charge in [-0.25, -0.2) is 0 Å². The van der Waals surface area contributed by atoms with Gasteiger partial charge in [-0.15, -0.1) is 0 Å². The van der Waals surface area contributed by atoms with Gasteiger partial charge in [0.2, 0.25) is 0 Å². The summed E-state index contributed by atoms with van der Waals surface area (Å²) >= 11 is 0. The van der Waals surface area contributed by atoms with Gasteiger partial charge < -0.3 is 19.5 Å². The summed E-state index contributed by atoms with van der Waals surface area (Å²) in [6, 6.07) is 0. The summed E-state index contributed by atoms with van der Waals surface area (Å²) in [4.78, 5) is 13.3. The van der Waals surface area contributed by atoms with Crippen LogP contribution < -0.4 is 4.90 Å². The molecular formula is C17H34NO4+. The summed E-state index contributed by atoms with van der Waals surface area (Å²) in [6.07, 6.45) is 3.40. The SMILES string of the molecule is CC[C@]1(C)C[C@@H]([C@](C)(O)CC(=O)OCCC[NH+](C)C)CCO1. The molecule has 0 spiro atoms. The zero-order valence-electron chi connectivity index (χ0n) is 14.9. The highest BCUT2D eigenvalue weighted by Gasteiger charge is 2.42. The Kier molecular flexibility index (Phi) is 7.29. The van der Waals surface area contributed by atoms with Crippen LogP contribution in [0.15, 0.2) is 0 Å². The fraction of sp³-hybridized carbons (Fsp3) is 0.941. The van der Waals surface area contributed by atoms with Crippen LogP contribution in [-0.4, -0.2) is 56.1 Å². The van der Waals surface area contributed by atoms with Crippen LogP contribution in [0.5, 0.6) is 0 Å². The Morgan fingerprint density at radius 1 is 1.50 bits per heavy atom. The molecule has 0 amide bonds. The van der Waals surface area contributed by atoms with Gasteiger partial charge in [0.25, 0.3) is 0 Å². The van der Waals surface area contributed by atoms with E-state index in [0.29, 0.717) is 13.2 Å². The number of hydrogen-bond acceptors (Lipinski definition) is 4. The second kappa shape index (κ2) is 8.27. The van der Waals surface area contributed by atoms with Crippen LogP contribution in [0, 0.1) is 5.92 Å². The molecule has 0 aromatic carbocycles. The fourth-order valence-electron chi connectivity index (χ4n) is 3.01. The van der Waals surface area contributed by atoms with Gasteiger partial charge in [-0.05, 0) is 39.0 Å². The van der Waals surface area contributed by atoms with Gasteiger partial charge in [-0.1, -0.05) is 6.92 Å². The lowest BCUT2D eigenvalue weighted by Gasteiger charge is -2.43. The van der Waals surface area contributed by atoms with E-state index < -0.39 is 5.60 Å². The van der Waals surface area contributed by atoms with E-state index in [2.05, 4.69) is 27.9 Å². The number of rotatable bonds is 8. The molecule has 1 aliphatic rings. The second-order valence-corrected chi connectivity index (χ2v) is 7.41. The minimum Gasteiger partial charge on any atom is -0.465 e. The maximum Gasteiger partial charge on any atom is 0.308 e. The molecule has 22 heavy (non-hydrogen) atoms. The van der Waals surface area contributed by atoms with Crippen molar-refractivity contribution in [2.24, 2.45) is 5.92 Å². The minimum atomic E-state index is -1.02. The lowest BCUT2D eigenvalue weighted by molar-refractivity contribution is -0.858. The zero-order chi connectivity index (χ0) is 16.8. The van der Waals surface area contributed by atoms with Crippen LogP contribution in [0.4, 0.5) is 0 Å². The van der Waals surface area contributed by atoms with Gasteiger partial charge in [-0.3, -0.25) is 4.79 Å². The Balaban J connectivity index is 2.43. The van der Waals surface area contributed by atoms with Crippen molar-refractivity contribution in [1.29, 1.82) is 0 Å². The van der Waals surface area contributed by atoms with Crippen LogP contribution >= 0.6 is 0 Å². The number of carbonyl (C=O) groups excluding carboxylic acids is 1. The Morgan fingerprint density at radius 2 is 2.18 bits per heavy atom. The molecule has 3 atom stereocenters. The summed E-state index contributed by atoms with van der Waals surface area (Å²) in [5.74, 6) is -0.228. The van der Waals surface area contributed by atoms with Gasteiger partial charge in [0.05, 0.1) is 44.9 Å². The number of esters is 1. The number of carbonyl (C=O) groups is 1. The monoisotopic (exact) mass is 316 g/mol. The molecule has 0 bridgehead atoms. The number of quaternary nitrogens is 1. The second-order valence-electron chi connectivity index (χ2n) is 7.41. The van der Waals surface area contributed by atoms with E-state index in [-0.39, 0.29) is 23.9 Å². The Morgan fingerprint density at radius 3 is 2.77 bits per heavy atom. The van der Waals surface area contributed by atoms with Crippen molar-refractivity contribution in [3.05, 3.63) is 0 Å². The predicted molar refractivity (Wildman–Crippen MR) is 85.9 cm³/mol. The van der Waals surface area contributed by atoms with Gasteiger partial charge in [0.1, 0.15) is 0 Å². The van der Waals surface area contributed by atoms with Crippen LogP contribution in [0.3, 0.4) is 0 Å². The van der Waals surface area contributed by atoms with E-state index in [1.54, 1.807) is 6.92 Å². The summed E-state index contributed by atoms with van der Waals surface area (Å²) in [5.41, 5.74) is -1.21. The van der Waals surface area contributed by atoms with E-state index in [4.69, 9.17) is 9.47 Å². The van der Waals surface area contributed by atoms with Crippen molar-refractivity contribution in [3.63, 3.8) is 0 Å². The third-order valence-corrected chi connectivity index (χ3v) is 4.81. The Labute approximate surface area is 135 Å². The minimum absolute atomic E-state index is 0.0618. The van der Waals surface area contributed by atoms with Crippen molar-refractivity contribution >= 4 is 5.97 Å². The molecule has 1 saturated heterocycles. The molecule has 130 valence electrons. The smallest absolute Gasteiger partial charge is 0.308 e. The lowest BCUT2D eigenvalue weighted by Crippen LogP contribution is -3.05. The average Bonchev–Trinajstić information content (AvgIpc) is 2.43. The molecule has 5 heteroatoms. The van der Waals surface area contributed by atoms with Crippen molar-refractivity contribution < 1.29 is 24.3 Å². The fourth-order valence-corrected chi connectivity index (χ4v) is 3.01. The highest BCUT2D eigenvalue weighted by atomic mass is 16.5. The Hall–Kier alpha value is -0.650. The molecule has 0 saturated carbocycles. The molecule has 1 fully saturated rings. The first-order chi connectivity index (χ1) is 10.2. The summed E-state index contributed by atoms with van der Waals surface area (Å²) in [6.45, 7) is 7.98. The van der Waals surface area contributed by atoms with Crippen molar-refractivity contribution in [3.8, 4) is 0 Å². The van der Waals surface area contributed by atoms with Crippen LogP contribution in [0.2, 0.25) is 0 Å². The van der Waals surface area contributed by atoms with E-state index in [0.717, 1.165) is 32.2 Å². The number of nitrogens with one attached hydrogen (secondary N) is 1. The summed E-state index contributed by atoms with van der Waals surface area (Å²) < 4.78 is 11.1. The molecule has 0 radical (unpaired) electrons. The van der Waals surface area contributed by atoms with Gasteiger partial charge >= 0.3 is 5.97 Å². The maximum atomic E-state index is 12.0. The third kappa shape index (κ3) is 6.23. The van der Waals surface area contributed by atoms with Crippen LogP contribution in [0.1, 0.15) is 52.9 Å². The average molecular weight is 316 g/mol. The number of ether oxygens (including phenoxy) is 2. The number of aliphatic hydroxyl groups is 1. The summed E-state index contributed by atoms with van der Waals surface area (Å²) in [7, 11) is 4.14. The van der Waals surface area contributed by atoms with Crippen molar-refractivity contribution in [1.82, 2.24) is 0 Å².